The molecule has 3 rings (SSSR count). The number of rotatable bonds is 2. The van der Waals surface area contributed by atoms with Crippen molar-refractivity contribution in [3.05, 3.63) is 40.2 Å². The van der Waals surface area contributed by atoms with Gasteiger partial charge in [-0.1, -0.05) is 0 Å². The molecule has 0 aliphatic carbocycles. The van der Waals surface area contributed by atoms with Gasteiger partial charge in [0, 0.05) is 35.9 Å². The lowest BCUT2D eigenvalue weighted by atomic mass is 10.1. The molecule has 0 radical (unpaired) electrons. The van der Waals surface area contributed by atoms with E-state index in [0.717, 1.165) is 18.8 Å². The molecule has 0 unspecified atom stereocenters. The van der Waals surface area contributed by atoms with Crippen LogP contribution in [0.3, 0.4) is 0 Å². The molecule has 1 fully saturated rings. The van der Waals surface area contributed by atoms with Crippen LogP contribution in [0.2, 0.25) is 0 Å². The molecule has 1 aliphatic heterocycles. The molecular weight excluding hydrogens is 258 g/mol. The molecule has 1 saturated heterocycles. The zero-order valence-corrected chi connectivity index (χ0v) is 10.9. The molecule has 3 N–H and O–H groups in total. The van der Waals surface area contributed by atoms with Crippen LogP contribution >= 0.6 is 0 Å². The average molecular weight is 273 g/mol. The number of primary amides is 1. The number of anilines is 1. The highest BCUT2D eigenvalue weighted by molar-refractivity contribution is 5.96. The molecular formula is C14H15N3O3. The second-order valence-corrected chi connectivity index (χ2v) is 4.73. The fourth-order valence-electron chi connectivity index (χ4n) is 2.41. The van der Waals surface area contributed by atoms with E-state index in [1.807, 2.05) is 12.1 Å². The zero-order valence-electron chi connectivity index (χ0n) is 10.9. The Kier molecular flexibility index (Phi) is 3.15. The lowest BCUT2D eigenvalue weighted by Gasteiger charge is -2.29. The maximum Gasteiger partial charge on any atom is 0.254 e. The minimum Gasteiger partial charge on any atom is -0.378 e. The highest BCUT2D eigenvalue weighted by atomic mass is 16.5. The molecule has 0 atom stereocenters. The van der Waals surface area contributed by atoms with Crippen molar-refractivity contribution in [2.45, 2.75) is 0 Å². The fourth-order valence-corrected chi connectivity index (χ4v) is 2.41. The smallest absolute Gasteiger partial charge is 0.254 e. The highest BCUT2D eigenvalue weighted by Crippen LogP contribution is 2.20. The number of fused-ring (bicyclic) bond motifs is 1. The van der Waals surface area contributed by atoms with Gasteiger partial charge in [-0.15, -0.1) is 0 Å². The van der Waals surface area contributed by atoms with Crippen molar-refractivity contribution in [2.24, 2.45) is 5.73 Å². The number of hydrogen-bond acceptors (Lipinski definition) is 4. The number of amides is 1. The van der Waals surface area contributed by atoms with Crippen molar-refractivity contribution in [3.63, 3.8) is 0 Å². The number of carbonyl (C=O) groups excluding carboxylic acids is 1. The predicted molar refractivity (Wildman–Crippen MR) is 76.1 cm³/mol. The van der Waals surface area contributed by atoms with E-state index in [9.17, 15) is 9.59 Å². The average Bonchev–Trinajstić information content (AvgIpc) is 2.48. The van der Waals surface area contributed by atoms with Crippen molar-refractivity contribution in [3.8, 4) is 0 Å². The number of nitrogens with two attached hydrogens (primary N) is 1. The van der Waals surface area contributed by atoms with E-state index in [-0.39, 0.29) is 11.0 Å². The Morgan fingerprint density at radius 3 is 2.75 bits per heavy atom. The highest BCUT2D eigenvalue weighted by Gasteiger charge is 2.14. The van der Waals surface area contributed by atoms with E-state index in [1.165, 1.54) is 6.20 Å². The minimum atomic E-state index is -0.718. The second-order valence-electron chi connectivity index (χ2n) is 4.73. The van der Waals surface area contributed by atoms with Crippen molar-refractivity contribution < 1.29 is 9.53 Å². The normalized spacial score (nSPS) is 15.5. The SMILES string of the molecule is NC(=O)c1c[nH]c2ccc(N3CCOCC3)cc2c1=O. The van der Waals surface area contributed by atoms with Crippen molar-refractivity contribution in [1.82, 2.24) is 4.98 Å². The lowest BCUT2D eigenvalue weighted by molar-refractivity contribution is 0.0999. The number of nitrogens with zero attached hydrogens (tertiary/aromatic N) is 1. The largest absolute Gasteiger partial charge is 0.378 e. The van der Waals surface area contributed by atoms with Crippen LogP contribution < -0.4 is 16.1 Å². The molecule has 1 amide bonds. The Morgan fingerprint density at radius 1 is 1.30 bits per heavy atom. The van der Waals surface area contributed by atoms with E-state index in [0.29, 0.717) is 24.1 Å². The monoisotopic (exact) mass is 273 g/mol. The number of pyridine rings is 1. The van der Waals surface area contributed by atoms with Gasteiger partial charge in [-0.05, 0) is 18.2 Å². The maximum atomic E-state index is 12.2. The van der Waals surface area contributed by atoms with Crippen LogP contribution in [-0.2, 0) is 4.74 Å². The molecule has 20 heavy (non-hydrogen) atoms. The summed E-state index contributed by atoms with van der Waals surface area (Å²) in [6.07, 6.45) is 1.36. The van der Waals surface area contributed by atoms with Gasteiger partial charge in [0.05, 0.1) is 13.2 Å². The van der Waals surface area contributed by atoms with Crippen LogP contribution in [0.5, 0.6) is 0 Å². The summed E-state index contributed by atoms with van der Waals surface area (Å²) in [6.45, 7) is 2.93. The topological polar surface area (TPSA) is 88.4 Å². The minimum absolute atomic E-state index is 0.0170. The number of nitrogens with one attached hydrogen (secondary N) is 1. The number of benzene rings is 1. The van der Waals surface area contributed by atoms with Crippen molar-refractivity contribution >= 4 is 22.5 Å². The van der Waals surface area contributed by atoms with Gasteiger partial charge in [-0.3, -0.25) is 9.59 Å². The lowest BCUT2D eigenvalue weighted by Crippen LogP contribution is -2.36. The predicted octanol–water partition coefficient (Wildman–Crippen LogP) is 0.464. The van der Waals surface area contributed by atoms with Crippen molar-refractivity contribution in [2.75, 3.05) is 31.2 Å². The summed E-state index contributed by atoms with van der Waals surface area (Å²) in [5, 5.41) is 0.477. The third-order valence-electron chi connectivity index (χ3n) is 3.51. The van der Waals surface area contributed by atoms with Crippen molar-refractivity contribution in [1.29, 1.82) is 0 Å². The molecule has 6 nitrogen and oxygen atoms in total. The number of ether oxygens (including phenoxy) is 1. The molecule has 1 aromatic heterocycles. The summed E-state index contributed by atoms with van der Waals surface area (Å²) in [5.74, 6) is -0.718. The van der Waals surface area contributed by atoms with E-state index < -0.39 is 5.91 Å². The Hall–Kier alpha value is -2.34. The summed E-state index contributed by atoms with van der Waals surface area (Å²) in [4.78, 5) is 28.5. The number of H-pyrrole nitrogens is 1. The first-order valence-electron chi connectivity index (χ1n) is 6.45. The zero-order chi connectivity index (χ0) is 14.1. The molecule has 104 valence electrons. The van der Waals surface area contributed by atoms with Crippen LogP contribution in [0.15, 0.2) is 29.2 Å². The number of hydrogen-bond donors (Lipinski definition) is 2. The van der Waals surface area contributed by atoms with Crippen LogP contribution in [0.4, 0.5) is 5.69 Å². The van der Waals surface area contributed by atoms with Gasteiger partial charge < -0.3 is 20.4 Å². The molecule has 2 heterocycles. The van der Waals surface area contributed by atoms with E-state index in [2.05, 4.69) is 9.88 Å². The maximum absolute atomic E-state index is 12.2. The summed E-state index contributed by atoms with van der Waals surface area (Å²) >= 11 is 0. The third kappa shape index (κ3) is 2.14. The van der Waals surface area contributed by atoms with Crippen LogP contribution in [0.25, 0.3) is 10.9 Å². The molecule has 1 aromatic carbocycles. The molecule has 0 saturated carbocycles. The summed E-state index contributed by atoms with van der Waals surface area (Å²) < 4.78 is 5.31. The molecule has 6 heteroatoms. The standard InChI is InChI=1S/C14H15N3O3/c15-14(19)11-8-16-12-2-1-9(7-10(12)13(11)18)17-3-5-20-6-4-17/h1-2,7-8H,3-6H2,(H2,15,19)(H,16,18). The van der Waals surface area contributed by atoms with Crippen LogP contribution in [0.1, 0.15) is 10.4 Å². The quantitative estimate of drug-likeness (QED) is 0.832. The summed E-state index contributed by atoms with van der Waals surface area (Å²) in [5.41, 5.74) is 6.49. The number of carbonyl (C=O) groups is 1. The van der Waals surface area contributed by atoms with E-state index in [4.69, 9.17) is 10.5 Å². The van der Waals surface area contributed by atoms with E-state index in [1.54, 1.807) is 6.07 Å². The summed E-state index contributed by atoms with van der Waals surface area (Å²) in [6, 6.07) is 5.59. The van der Waals surface area contributed by atoms with Crippen LogP contribution in [0, 0.1) is 0 Å². The number of morpholine rings is 1. The van der Waals surface area contributed by atoms with Gasteiger partial charge in [-0.25, -0.2) is 0 Å². The Labute approximate surface area is 115 Å². The fraction of sp³-hybridized carbons (Fsp3) is 0.286. The first-order chi connectivity index (χ1) is 9.66. The van der Waals surface area contributed by atoms with E-state index >= 15 is 0 Å². The number of aromatic nitrogens is 1. The Bertz CT molecular complexity index is 717. The molecule has 2 aromatic rings. The van der Waals surface area contributed by atoms with Gasteiger partial charge >= 0.3 is 0 Å². The van der Waals surface area contributed by atoms with Gasteiger partial charge in [-0.2, -0.15) is 0 Å². The summed E-state index contributed by atoms with van der Waals surface area (Å²) in [7, 11) is 0. The Balaban J connectivity index is 2.11. The molecule has 0 spiro atoms. The van der Waals surface area contributed by atoms with Gasteiger partial charge in [0.2, 0.25) is 5.43 Å². The Morgan fingerprint density at radius 2 is 2.05 bits per heavy atom. The third-order valence-corrected chi connectivity index (χ3v) is 3.51. The van der Waals surface area contributed by atoms with Gasteiger partial charge in [0.25, 0.3) is 5.91 Å². The molecule has 1 aliphatic rings. The number of aromatic amines is 1. The van der Waals surface area contributed by atoms with Gasteiger partial charge in [0.15, 0.2) is 0 Å². The first kappa shape index (κ1) is 12.7. The molecule has 0 bridgehead atoms. The van der Waals surface area contributed by atoms with Gasteiger partial charge in [0.1, 0.15) is 5.56 Å². The second kappa shape index (κ2) is 4.97. The van der Waals surface area contributed by atoms with Crippen LogP contribution in [-0.4, -0.2) is 37.2 Å². The first-order valence-corrected chi connectivity index (χ1v) is 6.45.